The Morgan fingerprint density at radius 1 is 1.14 bits per heavy atom. The van der Waals surface area contributed by atoms with E-state index in [1.165, 1.54) is 31.5 Å². The number of nitrogens with one attached hydrogen (secondary N) is 1. The van der Waals surface area contributed by atoms with Crippen molar-refractivity contribution in [3.05, 3.63) is 35.9 Å². The molecule has 0 spiro atoms. The zero-order valence-corrected chi connectivity index (χ0v) is 17.2. The van der Waals surface area contributed by atoms with E-state index in [9.17, 15) is 9.59 Å². The normalized spacial score (nSPS) is 23.2. The van der Waals surface area contributed by atoms with Crippen molar-refractivity contribution >= 4 is 11.8 Å². The highest BCUT2D eigenvalue weighted by Gasteiger charge is 2.33. The molecule has 0 bridgehead atoms. The second-order valence-electron chi connectivity index (χ2n) is 8.52. The Balaban J connectivity index is 1.30. The molecule has 0 saturated carbocycles. The van der Waals surface area contributed by atoms with Crippen molar-refractivity contribution in [1.82, 2.24) is 15.1 Å². The lowest BCUT2D eigenvalue weighted by atomic mass is 10.0. The number of unbranched alkanes of at least 4 members (excludes halogenated alkanes) is 1. The number of hydrogen-bond acceptors (Lipinski definition) is 3. The summed E-state index contributed by atoms with van der Waals surface area (Å²) in [4.78, 5) is 29.0. The van der Waals surface area contributed by atoms with Gasteiger partial charge in [-0.3, -0.25) is 9.59 Å². The Kier molecular flexibility index (Phi) is 7.90. The fourth-order valence-electron chi connectivity index (χ4n) is 4.38. The van der Waals surface area contributed by atoms with Crippen LogP contribution in [0.15, 0.2) is 30.3 Å². The van der Waals surface area contributed by atoms with Crippen LogP contribution in [0.5, 0.6) is 0 Å². The molecule has 2 aliphatic rings. The number of likely N-dealkylation sites (tertiary alicyclic amines) is 2. The minimum atomic E-state index is -0.189. The van der Waals surface area contributed by atoms with E-state index in [1.54, 1.807) is 0 Å². The molecule has 0 radical (unpaired) electrons. The molecule has 2 fully saturated rings. The van der Waals surface area contributed by atoms with Crippen molar-refractivity contribution in [2.75, 3.05) is 39.3 Å². The van der Waals surface area contributed by atoms with Crippen molar-refractivity contribution < 1.29 is 9.59 Å². The molecule has 1 aromatic carbocycles. The summed E-state index contributed by atoms with van der Waals surface area (Å²) in [6.07, 6.45) is 6.00. The van der Waals surface area contributed by atoms with Gasteiger partial charge in [0, 0.05) is 32.6 Å². The van der Waals surface area contributed by atoms with E-state index >= 15 is 0 Å². The molecule has 3 rings (SSSR count). The van der Waals surface area contributed by atoms with Crippen LogP contribution in [0.25, 0.3) is 0 Å². The van der Waals surface area contributed by atoms with Crippen LogP contribution in [0.4, 0.5) is 0 Å². The summed E-state index contributed by atoms with van der Waals surface area (Å²) < 4.78 is 0. The number of nitrogens with zero attached hydrogens (tertiary/aromatic N) is 2. The summed E-state index contributed by atoms with van der Waals surface area (Å²) in [7, 11) is 0. The summed E-state index contributed by atoms with van der Waals surface area (Å²) in [6, 6.07) is 10.2. The number of carbonyl (C=O) groups excluding carboxylic acids is 2. The van der Waals surface area contributed by atoms with Crippen molar-refractivity contribution in [3.63, 3.8) is 0 Å². The third kappa shape index (κ3) is 6.33. The quantitative estimate of drug-likeness (QED) is 0.665. The Morgan fingerprint density at radius 2 is 1.96 bits per heavy atom. The topological polar surface area (TPSA) is 52.7 Å². The lowest BCUT2D eigenvalue weighted by molar-refractivity contribution is -0.129. The highest BCUT2D eigenvalue weighted by atomic mass is 16.2. The molecule has 2 aliphatic heterocycles. The lowest BCUT2D eigenvalue weighted by Gasteiger charge is -2.30. The first-order chi connectivity index (χ1) is 13.6. The number of rotatable bonds is 9. The molecule has 28 heavy (non-hydrogen) atoms. The molecule has 154 valence electrons. The van der Waals surface area contributed by atoms with Gasteiger partial charge in [-0.2, -0.15) is 0 Å². The SMILES string of the molecule is CC1CCCN(CCCCNC(=O)C2CC(=O)N(CCc3ccccc3)C2)C1. The standard InChI is InChI=1S/C23H35N3O2/c1-19-8-7-14-25(17-19)13-6-5-12-24-23(28)21-16-22(27)26(18-21)15-11-20-9-3-2-4-10-20/h2-4,9-10,19,21H,5-8,11-18H2,1H3,(H,24,28). The zero-order valence-electron chi connectivity index (χ0n) is 17.2. The first-order valence-corrected chi connectivity index (χ1v) is 10.9. The monoisotopic (exact) mass is 385 g/mol. The largest absolute Gasteiger partial charge is 0.356 e. The van der Waals surface area contributed by atoms with Gasteiger partial charge in [-0.15, -0.1) is 0 Å². The molecule has 0 aliphatic carbocycles. The highest BCUT2D eigenvalue weighted by Crippen LogP contribution is 2.19. The molecule has 5 nitrogen and oxygen atoms in total. The van der Waals surface area contributed by atoms with Crippen molar-refractivity contribution in [2.45, 2.75) is 45.4 Å². The summed E-state index contributed by atoms with van der Waals surface area (Å²) in [5.74, 6) is 0.780. The van der Waals surface area contributed by atoms with E-state index in [0.717, 1.165) is 38.3 Å². The van der Waals surface area contributed by atoms with E-state index in [4.69, 9.17) is 0 Å². The van der Waals surface area contributed by atoms with Gasteiger partial charge in [0.05, 0.1) is 5.92 Å². The van der Waals surface area contributed by atoms with Gasteiger partial charge in [0.15, 0.2) is 0 Å². The van der Waals surface area contributed by atoms with Crippen LogP contribution < -0.4 is 5.32 Å². The van der Waals surface area contributed by atoms with Gasteiger partial charge in [-0.05, 0) is 56.7 Å². The maximum absolute atomic E-state index is 12.4. The molecule has 1 N–H and O–H groups in total. The van der Waals surface area contributed by atoms with Crippen LogP contribution in [0.2, 0.25) is 0 Å². The molecular weight excluding hydrogens is 350 g/mol. The van der Waals surface area contributed by atoms with Crippen molar-refractivity contribution in [3.8, 4) is 0 Å². The Labute approximate surface area is 169 Å². The van der Waals surface area contributed by atoms with E-state index in [-0.39, 0.29) is 17.7 Å². The maximum atomic E-state index is 12.4. The number of carbonyl (C=O) groups is 2. The summed E-state index contributed by atoms with van der Waals surface area (Å²) in [5.41, 5.74) is 1.23. The molecule has 2 atom stereocenters. The number of piperidine rings is 1. The molecular formula is C23H35N3O2. The molecule has 0 aromatic heterocycles. The zero-order chi connectivity index (χ0) is 19.8. The molecule has 1 aromatic rings. The third-order valence-corrected chi connectivity index (χ3v) is 6.04. The molecule has 5 heteroatoms. The smallest absolute Gasteiger partial charge is 0.225 e. The fourth-order valence-corrected chi connectivity index (χ4v) is 4.38. The molecule has 2 amide bonds. The molecule has 2 heterocycles. The minimum absolute atomic E-state index is 0.0437. The van der Waals surface area contributed by atoms with Gasteiger partial charge < -0.3 is 15.1 Å². The second kappa shape index (κ2) is 10.6. The highest BCUT2D eigenvalue weighted by molar-refractivity contribution is 5.89. The minimum Gasteiger partial charge on any atom is -0.356 e. The van der Waals surface area contributed by atoms with Crippen molar-refractivity contribution in [1.29, 1.82) is 0 Å². The maximum Gasteiger partial charge on any atom is 0.225 e. The van der Waals surface area contributed by atoms with Gasteiger partial charge in [0.1, 0.15) is 0 Å². The van der Waals surface area contributed by atoms with Gasteiger partial charge in [-0.1, -0.05) is 37.3 Å². The van der Waals surface area contributed by atoms with Gasteiger partial charge in [-0.25, -0.2) is 0 Å². The van der Waals surface area contributed by atoms with E-state index in [0.29, 0.717) is 19.5 Å². The van der Waals surface area contributed by atoms with Gasteiger partial charge in [0.25, 0.3) is 0 Å². The van der Waals surface area contributed by atoms with Gasteiger partial charge >= 0.3 is 0 Å². The van der Waals surface area contributed by atoms with Crippen LogP contribution in [0.3, 0.4) is 0 Å². The van der Waals surface area contributed by atoms with Gasteiger partial charge in [0.2, 0.25) is 11.8 Å². The van der Waals surface area contributed by atoms with Crippen LogP contribution in [0.1, 0.15) is 44.6 Å². The van der Waals surface area contributed by atoms with Crippen LogP contribution in [0, 0.1) is 11.8 Å². The van der Waals surface area contributed by atoms with Crippen LogP contribution >= 0.6 is 0 Å². The van der Waals surface area contributed by atoms with E-state index < -0.39 is 0 Å². The predicted octanol–water partition coefficient (Wildman–Crippen LogP) is 2.71. The van der Waals surface area contributed by atoms with Crippen LogP contribution in [-0.4, -0.2) is 60.9 Å². The second-order valence-corrected chi connectivity index (χ2v) is 8.52. The Morgan fingerprint density at radius 3 is 2.75 bits per heavy atom. The number of hydrogen-bond donors (Lipinski definition) is 1. The fraction of sp³-hybridized carbons (Fsp3) is 0.652. The molecule has 2 saturated heterocycles. The average Bonchev–Trinajstić information content (AvgIpc) is 3.07. The van der Waals surface area contributed by atoms with E-state index in [2.05, 4.69) is 29.3 Å². The predicted molar refractivity (Wildman–Crippen MR) is 112 cm³/mol. The first kappa shape index (κ1) is 20.8. The van der Waals surface area contributed by atoms with Crippen LogP contribution in [-0.2, 0) is 16.0 Å². The summed E-state index contributed by atoms with van der Waals surface area (Å²) in [5, 5.41) is 3.05. The molecule has 2 unspecified atom stereocenters. The van der Waals surface area contributed by atoms with E-state index in [1.807, 2.05) is 23.1 Å². The lowest BCUT2D eigenvalue weighted by Crippen LogP contribution is -2.36. The third-order valence-electron chi connectivity index (χ3n) is 6.04. The number of amides is 2. The first-order valence-electron chi connectivity index (χ1n) is 10.9. The Bertz CT molecular complexity index is 634. The average molecular weight is 386 g/mol. The summed E-state index contributed by atoms with van der Waals surface area (Å²) in [6.45, 7) is 7.88. The number of benzene rings is 1. The summed E-state index contributed by atoms with van der Waals surface area (Å²) >= 11 is 0. The Hall–Kier alpha value is -1.88. The van der Waals surface area contributed by atoms with Crippen molar-refractivity contribution in [2.24, 2.45) is 11.8 Å².